The van der Waals surface area contributed by atoms with E-state index < -0.39 is 5.54 Å². The van der Waals surface area contributed by atoms with E-state index in [2.05, 4.69) is 27.3 Å². The smallest absolute Gasteiger partial charge is 0.273 e. The summed E-state index contributed by atoms with van der Waals surface area (Å²) in [4.78, 5) is 35.9. The summed E-state index contributed by atoms with van der Waals surface area (Å²) in [6.07, 6.45) is 3.42. The van der Waals surface area contributed by atoms with E-state index in [1.807, 2.05) is 67.6 Å². The number of pyridine rings is 1. The number of fused-ring (bicyclic) bond motifs is 1. The van der Waals surface area contributed by atoms with Crippen LogP contribution in [0, 0.1) is 0 Å². The van der Waals surface area contributed by atoms with Crippen LogP contribution in [0.2, 0.25) is 0 Å². The van der Waals surface area contributed by atoms with E-state index in [0.29, 0.717) is 24.5 Å². The molecule has 40 heavy (non-hydrogen) atoms. The first-order valence-electron chi connectivity index (χ1n) is 13.6. The third-order valence-electron chi connectivity index (χ3n) is 7.69. The van der Waals surface area contributed by atoms with Crippen LogP contribution in [-0.2, 0) is 29.2 Å². The van der Waals surface area contributed by atoms with E-state index in [9.17, 15) is 9.59 Å². The van der Waals surface area contributed by atoms with Crippen molar-refractivity contribution in [3.05, 3.63) is 102 Å². The summed E-state index contributed by atoms with van der Waals surface area (Å²) in [6.45, 7) is 5.82. The second-order valence-electron chi connectivity index (χ2n) is 10.4. The van der Waals surface area contributed by atoms with Gasteiger partial charge in [-0.25, -0.2) is 0 Å². The summed E-state index contributed by atoms with van der Waals surface area (Å²) in [7, 11) is 0. The van der Waals surface area contributed by atoms with Crippen LogP contribution in [0.15, 0.2) is 85.2 Å². The molecule has 9 heteroatoms. The number of ether oxygens (including phenoxy) is 1. The van der Waals surface area contributed by atoms with E-state index in [1.165, 1.54) is 0 Å². The van der Waals surface area contributed by atoms with Gasteiger partial charge in [-0.15, -0.1) is 0 Å². The predicted molar refractivity (Wildman–Crippen MR) is 151 cm³/mol. The fourth-order valence-electron chi connectivity index (χ4n) is 5.33. The summed E-state index contributed by atoms with van der Waals surface area (Å²) in [6, 6.07) is 23.5. The van der Waals surface area contributed by atoms with Crippen molar-refractivity contribution in [3.63, 3.8) is 0 Å². The molecule has 1 saturated heterocycles. The number of morpholine rings is 1. The Morgan fingerprint density at radius 1 is 1.00 bits per heavy atom. The summed E-state index contributed by atoms with van der Waals surface area (Å²) < 4.78 is 7.15. The SMILES string of the molecule is CC1(C(=O)NCc2cccnc2)Cn2nc(-c3ccccc3)cc2C(=O)N1Cc1ccc(N2CCOCC2)cc1. The number of hydrogen-bond donors (Lipinski definition) is 1. The van der Waals surface area contributed by atoms with Crippen LogP contribution in [0.4, 0.5) is 5.69 Å². The van der Waals surface area contributed by atoms with Crippen molar-refractivity contribution in [3.8, 4) is 11.3 Å². The third-order valence-corrected chi connectivity index (χ3v) is 7.69. The van der Waals surface area contributed by atoms with Crippen molar-refractivity contribution >= 4 is 17.5 Å². The molecule has 2 aliphatic rings. The van der Waals surface area contributed by atoms with Gasteiger partial charge in [0.2, 0.25) is 5.91 Å². The van der Waals surface area contributed by atoms with Crippen LogP contribution < -0.4 is 10.2 Å². The van der Waals surface area contributed by atoms with Gasteiger partial charge in [-0.05, 0) is 42.3 Å². The fraction of sp³-hybridized carbons (Fsp3) is 0.290. The topological polar surface area (TPSA) is 92.6 Å². The van der Waals surface area contributed by atoms with Gasteiger partial charge in [0.15, 0.2) is 0 Å². The van der Waals surface area contributed by atoms with Gasteiger partial charge in [-0.3, -0.25) is 19.3 Å². The first-order chi connectivity index (χ1) is 19.5. The highest BCUT2D eigenvalue weighted by atomic mass is 16.5. The zero-order valence-corrected chi connectivity index (χ0v) is 22.5. The molecular formula is C31H32N6O3. The number of carbonyl (C=O) groups is 2. The van der Waals surface area contributed by atoms with E-state index in [0.717, 1.165) is 48.7 Å². The van der Waals surface area contributed by atoms with Crippen molar-refractivity contribution in [1.82, 2.24) is 25.0 Å². The number of anilines is 1. The summed E-state index contributed by atoms with van der Waals surface area (Å²) in [5, 5.41) is 7.77. The number of rotatable bonds is 7. The number of aromatic nitrogens is 3. The van der Waals surface area contributed by atoms with Gasteiger partial charge in [-0.1, -0.05) is 48.5 Å². The number of benzene rings is 2. The van der Waals surface area contributed by atoms with Crippen LogP contribution in [0.1, 0.15) is 28.5 Å². The lowest BCUT2D eigenvalue weighted by molar-refractivity contribution is -0.133. The summed E-state index contributed by atoms with van der Waals surface area (Å²) in [5.41, 5.74) is 3.91. The number of hydrogen-bond acceptors (Lipinski definition) is 6. The Balaban J connectivity index is 1.30. The zero-order chi connectivity index (χ0) is 27.5. The molecule has 1 unspecified atom stereocenters. The molecule has 6 rings (SSSR count). The average molecular weight is 537 g/mol. The Labute approximate surface area is 233 Å². The quantitative estimate of drug-likeness (QED) is 0.389. The van der Waals surface area contributed by atoms with Crippen LogP contribution in [0.25, 0.3) is 11.3 Å². The number of nitrogens with one attached hydrogen (secondary N) is 1. The first-order valence-corrected chi connectivity index (χ1v) is 13.6. The molecule has 0 spiro atoms. The molecule has 4 aromatic rings. The van der Waals surface area contributed by atoms with Crippen LogP contribution in [-0.4, -0.2) is 63.3 Å². The molecular weight excluding hydrogens is 504 g/mol. The maximum atomic E-state index is 14.0. The Bertz CT molecular complexity index is 1480. The van der Waals surface area contributed by atoms with Crippen LogP contribution in [0.5, 0.6) is 0 Å². The van der Waals surface area contributed by atoms with Crippen molar-refractivity contribution < 1.29 is 14.3 Å². The maximum Gasteiger partial charge on any atom is 0.273 e. The molecule has 204 valence electrons. The Hall–Kier alpha value is -4.50. The van der Waals surface area contributed by atoms with Crippen molar-refractivity contribution in [2.45, 2.75) is 32.1 Å². The van der Waals surface area contributed by atoms with Gasteiger partial charge in [0.1, 0.15) is 11.2 Å². The molecule has 1 N–H and O–H groups in total. The zero-order valence-electron chi connectivity index (χ0n) is 22.5. The van der Waals surface area contributed by atoms with Crippen molar-refractivity contribution in [1.29, 1.82) is 0 Å². The lowest BCUT2D eigenvalue weighted by Gasteiger charge is -2.43. The minimum Gasteiger partial charge on any atom is -0.378 e. The molecule has 0 aliphatic carbocycles. The maximum absolute atomic E-state index is 14.0. The first kappa shape index (κ1) is 25.8. The van der Waals surface area contributed by atoms with Gasteiger partial charge in [-0.2, -0.15) is 5.10 Å². The fourth-order valence-corrected chi connectivity index (χ4v) is 5.33. The highest BCUT2D eigenvalue weighted by Gasteiger charge is 2.48. The Morgan fingerprint density at radius 2 is 1.77 bits per heavy atom. The number of amides is 2. The Morgan fingerprint density at radius 3 is 2.50 bits per heavy atom. The number of nitrogens with zero attached hydrogens (tertiary/aromatic N) is 5. The average Bonchev–Trinajstić information content (AvgIpc) is 3.44. The third kappa shape index (κ3) is 5.08. The molecule has 0 saturated carbocycles. The molecule has 2 aromatic heterocycles. The standard InChI is InChI=1S/C31H32N6O3/c1-31(30(39)33-20-24-6-5-13-32-19-24)22-37-28(18-27(34-37)25-7-3-2-4-8-25)29(38)36(31)21-23-9-11-26(12-10-23)35-14-16-40-17-15-35/h2-13,18-19H,14-17,20-22H2,1H3,(H,33,39). The predicted octanol–water partition coefficient (Wildman–Crippen LogP) is 3.51. The highest BCUT2D eigenvalue weighted by Crippen LogP contribution is 2.32. The molecule has 4 heterocycles. The molecule has 2 amide bonds. The summed E-state index contributed by atoms with van der Waals surface area (Å²) >= 11 is 0. The second-order valence-corrected chi connectivity index (χ2v) is 10.4. The van der Waals surface area contributed by atoms with E-state index in [1.54, 1.807) is 22.0 Å². The Kier molecular flexibility index (Phi) is 7.04. The van der Waals surface area contributed by atoms with E-state index >= 15 is 0 Å². The molecule has 0 bridgehead atoms. The van der Waals surface area contributed by atoms with Gasteiger partial charge < -0.3 is 19.9 Å². The summed E-state index contributed by atoms with van der Waals surface area (Å²) in [5.74, 6) is -0.464. The van der Waals surface area contributed by atoms with Crippen molar-refractivity contribution in [2.24, 2.45) is 0 Å². The minimum absolute atomic E-state index is 0.225. The minimum atomic E-state index is -1.16. The molecule has 1 fully saturated rings. The van der Waals surface area contributed by atoms with Crippen LogP contribution in [0.3, 0.4) is 0 Å². The van der Waals surface area contributed by atoms with Gasteiger partial charge in [0.05, 0.1) is 25.5 Å². The molecule has 0 radical (unpaired) electrons. The van der Waals surface area contributed by atoms with Gasteiger partial charge in [0.25, 0.3) is 5.91 Å². The molecule has 9 nitrogen and oxygen atoms in total. The molecule has 2 aliphatic heterocycles. The molecule has 1 atom stereocenters. The monoisotopic (exact) mass is 536 g/mol. The van der Waals surface area contributed by atoms with Gasteiger partial charge >= 0.3 is 0 Å². The molecule has 2 aromatic carbocycles. The van der Waals surface area contributed by atoms with E-state index in [4.69, 9.17) is 9.84 Å². The van der Waals surface area contributed by atoms with E-state index in [-0.39, 0.29) is 18.4 Å². The highest BCUT2D eigenvalue weighted by molar-refractivity contribution is 6.00. The lowest BCUT2D eigenvalue weighted by atomic mass is 9.94. The van der Waals surface area contributed by atoms with Crippen LogP contribution >= 0.6 is 0 Å². The lowest BCUT2D eigenvalue weighted by Crippen LogP contribution is -2.63. The van der Waals surface area contributed by atoms with Crippen molar-refractivity contribution in [2.75, 3.05) is 31.2 Å². The van der Waals surface area contributed by atoms with Gasteiger partial charge in [0, 0.05) is 49.8 Å². The normalized spacial score (nSPS) is 18.9. The second kappa shape index (κ2) is 10.9. The number of carbonyl (C=O) groups excluding carboxylic acids is 2. The largest absolute Gasteiger partial charge is 0.378 e.